The number of aromatic nitrogens is 1. The Balaban J connectivity index is 0.957. The number of hydrogen-bond acceptors (Lipinski definition) is 7. The van der Waals surface area contributed by atoms with Gasteiger partial charge in [0.05, 0.1) is 22.5 Å². The minimum absolute atomic E-state index is 0.0396. The molecule has 2 bridgehead atoms. The second kappa shape index (κ2) is 11.0. The van der Waals surface area contributed by atoms with Crippen LogP contribution in [0.1, 0.15) is 22.8 Å². The Bertz CT molecular complexity index is 2130. The molecule has 0 radical (unpaired) electrons. The average Bonchev–Trinajstić information content (AvgIpc) is 3.83. The number of imide groups is 1. The van der Waals surface area contributed by atoms with Crippen molar-refractivity contribution < 1.29 is 19.1 Å². The highest BCUT2D eigenvalue weighted by molar-refractivity contribution is 8.00. The largest absolute Gasteiger partial charge is 0.484 e. The maximum absolute atomic E-state index is 13.9. The summed E-state index contributed by atoms with van der Waals surface area (Å²) in [7, 11) is 0. The van der Waals surface area contributed by atoms with Crippen molar-refractivity contribution in [1.29, 1.82) is 0 Å². The third kappa shape index (κ3) is 4.57. The Morgan fingerprint density at radius 1 is 0.851 bits per heavy atom. The Kier molecular flexibility index (Phi) is 6.65. The lowest BCUT2D eigenvalue weighted by atomic mass is 9.68. The number of carbonyl (C=O) groups excluding carboxylic acids is 3. The molecule has 8 nitrogen and oxygen atoms in total. The number of amides is 3. The van der Waals surface area contributed by atoms with Crippen molar-refractivity contribution in [2.24, 2.45) is 29.6 Å². The van der Waals surface area contributed by atoms with Crippen LogP contribution in [0.4, 0.5) is 11.4 Å². The second-order valence-electron chi connectivity index (χ2n) is 12.8. The van der Waals surface area contributed by atoms with Crippen molar-refractivity contribution in [3.63, 3.8) is 0 Å². The lowest BCUT2D eigenvalue weighted by molar-refractivity contribution is -0.123. The van der Waals surface area contributed by atoms with Crippen LogP contribution in [-0.2, 0) is 14.4 Å². The molecule has 2 aliphatic carbocycles. The highest BCUT2D eigenvalue weighted by atomic mass is 32.2. The monoisotopic (exact) mass is 659 g/mol. The van der Waals surface area contributed by atoms with E-state index in [2.05, 4.69) is 10.3 Å². The third-order valence-electron chi connectivity index (χ3n) is 10.4. The van der Waals surface area contributed by atoms with E-state index in [1.165, 1.54) is 16.2 Å². The van der Waals surface area contributed by atoms with E-state index in [9.17, 15) is 19.2 Å². The first-order valence-corrected chi connectivity index (χ1v) is 17.5. The molecule has 2 N–H and O–H groups in total. The average molecular weight is 660 g/mol. The topological polar surface area (TPSA) is 109 Å². The van der Waals surface area contributed by atoms with Gasteiger partial charge in [0.15, 0.2) is 6.61 Å². The van der Waals surface area contributed by atoms with E-state index in [1.54, 1.807) is 11.8 Å². The summed E-state index contributed by atoms with van der Waals surface area (Å²) < 4.78 is 5.86. The van der Waals surface area contributed by atoms with Gasteiger partial charge in [-0.1, -0.05) is 72.0 Å². The summed E-state index contributed by atoms with van der Waals surface area (Å²) in [5.41, 5.74) is 2.38. The quantitative estimate of drug-likeness (QED) is 0.208. The van der Waals surface area contributed by atoms with Gasteiger partial charge in [0, 0.05) is 21.7 Å². The number of carbonyl (C=O) groups is 3. The van der Waals surface area contributed by atoms with Gasteiger partial charge in [-0.2, -0.15) is 0 Å². The summed E-state index contributed by atoms with van der Waals surface area (Å²) in [6, 6.07) is 30.7. The number of para-hydroxylation sites is 1. The number of hydrogen-bond donors (Lipinski definition) is 2. The van der Waals surface area contributed by atoms with Gasteiger partial charge in [0.2, 0.25) is 11.8 Å². The van der Waals surface area contributed by atoms with Gasteiger partial charge in [-0.15, -0.1) is 11.8 Å². The summed E-state index contributed by atoms with van der Waals surface area (Å²) in [5, 5.41) is 6.05. The molecule has 2 aliphatic heterocycles. The van der Waals surface area contributed by atoms with Gasteiger partial charge >= 0.3 is 4.87 Å². The van der Waals surface area contributed by atoms with E-state index in [-0.39, 0.29) is 70.0 Å². The fourth-order valence-electron chi connectivity index (χ4n) is 8.61. The first-order chi connectivity index (χ1) is 22.9. The zero-order chi connectivity index (χ0) is 31.8. The first-order valence-electron chi connectivity index (χ1n) is 15.8. The van der Waals surface area contributed by atoms with Crippen LogP contribution in [0.5, 0.6) is 5.75 Å². The van der Waals surface area contributed by atoms with Crippen molar-refractivity contribution in [2.75, 3.05) is 16.8 Å². The Morgan fingerprint density at radius 3 is 2.36 bits per heavy atom. The molecule has 5 aromatic rings. The summed E-state index contributed by atoms with van der Waals surface area (Å²) in [4.78, 5) is 58.3. The lowest BCUT2D eigenvalue weighted by Gasteiger charge is -2.43. The van der Waals surface area contributed by atoms with Crippen molar-refractivity contribution >= 4 is 63.0 Å². The molecule has 10 heteroatoms. The van der Waals surface area contributed by atoms with Crippen molar-refractivity contribution in [1.82, 2.24) is 4.98 Å². The molecule has 234 valence electrons. The van der Waals surface area contributed by atoms with Crippen molar-refractivity contribution in [2.45, 2.75) is 22.6 Å². The zero-order valence-corrected chi connectivity index (χ0v) is 26.6. The highest BCUT2D eigenvalue weighted by Crippen LogP contribution is 2.68. The summed E-state index contributed by atoms with van der Waals surface area (Å²) in [6.45, 7) is -0.138. The molecule has 2 saturated carbocycles. The molecule has 1 aromatic heterocycles. The molecule has 3 heterocycles. The molecule has 7 atom stereocenters. The highest BCUT2D eigenvalue weighted by Gasteiger charge is 2.69. The number of nitrogens with zero attached hydrogens (tertiary/aromatic N) is 1. The van der Waals surface area contributed by atoms with Crippen LogP contribution in [0, 0.1) is 29.6 Å². The Hall–Kier alpha value is -4.67. The third-order valence-corrected chi connectivity index (χ3v) is 13.0. The van der Waals surface area contributed by atoms with E-state index < -0.39 is 0 Å². The van der Waals surface area contributed by atoms with Crippen LogP contribution >= 0.6 is 23.1 Å². The lowest BCUT2D eigenvalue weighted by Crippen LogP contribution is -2.42. The fraction of sp³-hybridized carbons (Fsp3) is 0.243. The maximum atomic E-state index is 13.9. The molecule has 47 heavy (non-hydrogen) atoms. The molecule has 1 saturated heterocycles. The number of anilines is 2. The first kappa shape index (κ1) is 28.5. The minimum atomic E-state index is -0.349. The van der Waals surface area contributed by atoms with Gasteiger partial charge in [0.25, 0.3) is 5.91 Å². The number of aromatic amines is 1. The number of benzene rings is 4. The molecule has 4 aliphatic rings. The van der Waals surface area contributed by atoms with Crippen molar-refractivity contribution in [3.05, 3.63) is 117 Å². The molecule has 4 aromatic carbocycles. The predicted molar refractivity (Wildman–Crippen MR) is 182 cm³/mol. The van der Waals surface area contributed by atoms with E-state index in [0.717, 1.165) is 32.7 Å². The second-order valence-corrected chi connectivity index (χ2v) is 15.0. The van der Waals surface area contributed by atoms with E-state index in [0.29, 0.717) is 17.1 Å². The summed E-state index contributed by atoms with van der Waals surface area (Å²) >= 11 is 2.91. The number of rotatable bonds is 6. The minimum Gasteiger partial charge on any atom is -0.484 e. The number of H-pyrrole nitrogens is 1. The van der Waals surface area contributed by atoms with Crippen LogP contribution in [-0.4, -0.2) is 34.6 Å². The van der Waals surface area contributed by atoms with Gasteiger partial charge in [0.1, 0.15) is 5.75 Å². The van der Waals surface area contributed by atoms with Gasteiger partial charge in [-0.05, 0) is 76.9 Å². The molecule has 0 spiro atoms. The van der Waals surface area contributed by atoms with Crippen LogP contribution in [0.3, 0.4) is 0 Å². The van der Waals surface area contributed by atoms with E-state index in [1.807, 2.05) is 97.1 Å². The SMILES string of the molecule is O=C(COc1ccc([C@@H]2c3sc(=O)[nH]c3S[C@@H]3[C@@H]4C[C@@H]([C@@H]5C(=O)N(c6ccccc6)C(=O)[C@@H]45)[C@H]23)cc1)Nc1ccc2ccccc2c1. The van der Waals surface area contributed by atoms with E-state index >= 15 is 0 Å². The standard InChI is InChI=1S/C37H29N3O5S2/c41-27(38-22-13-10-19-6-4-5-7-21(19)16-22)18-45-24-14-11-20(12-15-24)28-29-25-17-26(32(29)46-34-33(28)47-37(44)39-34)31-30(25)35(42)40(36(31)43)23-8-2-1-3-9-23/h1-16,25-26,28-32H,17-18H2,(H,38,41)(H,39,44)/t25-,26-,28+,29-,30+,31+,32-/m1/s1. The number of thiazole rings is 1. The molecular formula is C37H29N3O5S2. The number of ether oxygens (including phenoxy) is 1. The number of thioether (sulfide) groups is 1. The maximum Gasteiger partial charge on any atom is 0.305 e. The molecule has 3 fully saturated rings. The van der Waals surface area contributed by atoms with Crippen LogP contribution < -0.4 is 19.8 Å². The summed E-state index contributed by atoms with van der Waals surface area (Å²) in [5.74, 6) is -0.434. The Labute approximate surface area is 278 Å². The molecule has 9 rings (SSSR count). The van der Waals surface area contributed by atoms with E-state index in [4.69, 9.17) is 4.74 Å². The molecule has 0 unspecified atom stereocenters. The van der Waals surface area contributed by atoms with Gasteiger partial charge in [-0.3, -0.25) is 24.1 Å². The van der Waals surface area contributed by atoms with Crippen molar-refractivity contribution in [3.8, 4) is 5.75 Å². The predicted octanol–water partition coefficient (Wildman–Crippen LogP) is 6.29. The van der Waals surface area contributed by atoms with Gasteiger partial charge < -0.3 is 15.0 Å². The zero-order valence-electron chi connectivity index (χ0n) is 25.0. The van der Waals surface area contributed by atoms with Crippen LogP contribution in [0.2, 0.25) is 0 Å². The smallest absolute Gasteiger partial charge is 0.305 e. The Morgan fingerprint density at radius 2 is 1.57 bits per heavy atom. The number of nitrogens with one attached hydrogen (secondary N) is 2. The number of fused-ring (bicyclic) bond motifs is 10. The summed E-state index contributed by atoms with van der Waals surface area (Å²) in [6.07, 6.45) is 0.834. The molecular weight excluding hydrogens is 631 g/mol. The molecule has 3 amide bonds. The van der Waals surface area contributed by atoms with Crippen LogP contribution in [0.15, 0.2) is 107 Å². The van der Waals surface area contributed by atoms with Gasteiger partial charge in [-0.25, -0.2) is 0 Å². The van der Waals surface area contributed by atoms with Crippen LogP contribution in [0.25, 0.3) is 10.8 Å². The fourth-order valence-corrected chi connectivity index (χ4v) is 11.5. The normalized spacial score (nSPS) is 27.1.